The Kier molecular flexibility index (Phi) is 3.96. The van der Waals surface area contributed by atoms with Crippen LogP contribution >= 0.6 is 23.2 Å². The highest BCUT2D eigenvalue weighted by Gasteiger charge is 2.35. The molecule has 1 heterocycles. The molecule has 2 amide bonds. The van der Waals surface area contributed by atoms with E-state index in [-0.39, 0.29) is 16.2 Å². The van der Waals surface area contributed by atoms with Crippen molar-refractivity contribution in [3.8, 4) is 0 Å². The number of carbonyl (C=O) groups excluding carboxylic acids is 2. The van der Waals surface area contributed by atoms with Crippen LogP contribution < -0.4 is 4.90 Å². The van der Waals surface area contributed by atoms with Crippen LogP contribution in [0.1, 0.15) is 18.1 Å². The van der Waals surface area contributed by atoms with Gasteiger partial charge in [-0.25, -0.2) is 9.29 Å². The zero-order chi connectivity index (χ0) is 16.7. The number of carbonyl (C=O) groups is 2. The van der Waals surface area contributed by atoms with Crippen molar-refractivity contribution >= 4 is 52.4 Å². The van der Waals surface area contributed by atoms with E-state index in [2.05, 4.69) is 0 Å². The van der Waals surface area contributed by atoms with Crippen molar-refractivity contribution in [1.82, 2.24) is 0 Å². The summed E-state index contributed by atoms with van der Waals surface area (Å²) in [5, 5.41) is 0.363. The van der Waals surface area contributed by atoms with Gasteiger partial charge in [0.25, 0.3) is 5.91 Å². The molecule has 3 rings (SSSR count). The van der Waals surface area contributed by atoms with E-state index >= 15 is 0 Å². The van der Waals surface area contributed by atoms with Gasteiger partial charge < -0.3 is 0 Å². The van der Waals surface area contributed by atoms with E-state index in [4.69, 9.17) is 23.2 Å². The third kappa shape index (κ3) is 2.64. The van der Waals surface area contributed by atoms with E-state index < -0.39 is 17.6 Å². The summed E-state index contributed by atoms with van der Waals surface area (Å²) in [7, 11) is 0. The number of nitrogens with zero attached hydrogens (tertiary/aromatic N) is 1. The smallest absolute Gasteiger partial charge is 0.265 e. The Labute approximate surface area is 141 Å². The molecule has 1 aliphatic heterocycles. The Morgan fingerprint density at radius 2 is 1.96 bits per heavy atom. The lowest BCUT2D eigenvalue weighted by atomic mass is 10.0. The lowest BCUT2D eigenvalue weighted by molar-refractivity contribution is -0.122. The van der Waals surface area contributed by atoms with Gasteiger partial charge in [-0.3, -0.25) is 9.59 Å². The fourth-order valence-electron chi connectivity index (χ4n) is 2.50. The largest absolute Gasteiger partial charge is 0.274 e. The van der Waals surface area contributed by atoms with Gasteiger partial charge in [0.05, 0.1) is 16.3 Å². The maximum atomic E-state index is 14.1. The maximum absolute atomic E-state index is 14.1. The SMILES string of the molecule is CC(=O)N1C(=O)/C(=C\c2cccc(Cl)c2F)c2ccc(Cl)cc21. The van der Waals surface area contributed by atoms with Crippen molar-refractivity contribution in [2.24, 2.45) is 0 Å². The van der Waals surface area contributed by atoms with Crippen molar-refractivity contribution < 1.29 is 14.0 Å². The van der Waals surface area contributed by atoms with Gasteiger partial charge in [-0.2, -0.15) is 0 Å². The average molecular weight is 350 g/mol. The molecular weight excluding hydrogens is 340 g/mol. The Bertz CT molecular complexity index is 877. The van der Waals surface area contributed by atoms with Gasteiger partial charge in [0.15, 0.2) is 0 Å². The Morgan fingerprint density at radius 1 is 1.22 bits per heavy atom. The van der Waals surface area contributed by atoms with E-state index in [0.717, 1.165) is 4.90 Å². The molecule has 0 atom stereocenters. The summed E-state index contributed by atoms with van der Waals surface area (Å²) < 4.78 is 14.1. The van der Waals surface area contributed by atoms with Gasteiger partial charge in [0.2, 0.25) is 5.91 Å². The monoisotopic (exact) mass is 349 g/mol. The second-order valence-electron chi connectivity index (χ2n) is 5.02. The first-order valence-corrected chi connectivity index (χ1v) is 7.46. The summed E-state index contributed by atoms with van der Waals surface area (Å²) in [4.78, 5) is 25.4. The maximum Gasteiger partial charge on any atom is 0.265 e. The van der Waals surface area contributed by atoms with Gasteiger partial charge in [-0.15, -0.1) is 0 Å². The molecular formula is C17H10Cl2FNO2. The fourth-order valence-corrected chi connectivity index (χ4v) is 2.85. The number of fused-ring (bicyclic) bond motifs is 1. The van der Waals surface area contributed by atoms with E-state index in [0.29, 0.717) is 16.3 Å². The first-order valence-electron chi connectivity index (χ1n) is 6.71. The van der Waals surface area contributed by atoms with Crippen LogP contribution in [-0.2, 0) is 9.59 Å². The molecule has 0 spiro atoms. The van der Waals surface area contributed by atoms with Gasteiger partial charge in [0.1, 0.15) is 5.82 Å². The molecule has 0 radical (unpaired) electrons. The lowest BCUT2D eigenvalue weighted by Crippen LogP contribution is -2.31. The van der Waals surface area contributed by atoms with Crippen LogP contribution in [0.3, 0.4) is 0 Å². The number of imide groups is 1. The third-order valence-corrected chi connectivity index (χ3v) is 4.05. The molecule has 0 N–H and O–H groups in total. The number of amides is 2. The highest BCUT2D eigenvalue weighted by molar-refractivity contribution is 6.42. The minimum atomic E-state index is -0.619. The van der Waals surface area contributed by atoms with Crippen LogP contribution in [0.2, 0.25) is 10.0 Å². The Hall–Kier alpha value is -2.17. The van der Waals surface area contributed by atoms with Crippen LogP contribution in [-0.4, -0.2) is 11.8 Å². The van der Waals surface area contributed by atoms with Gasteiger partial charge in [-0.05, 0) is 24.3 Å². The molecule has 2 aromatic carbocycles. The zero-order valence-electron chi connectivity index (χ0n) is 11.9. The summed E-state index contributed by atoms with van der Waals surface area (Å²) >= 11 is 11.7. The summed E-state index contributed by atoms with van der Waals surface area (Å²) in [6, 6.07) is 9.29. The van der Waals surface area contributed by atoms with Crippen LogP contribution in [0.15, 0.2) is 36.4 Å². The quantitative estimate of drug-likeness (QED) is 0.707. The molecule has 0 unspecified atom stereocenters. The first-order chi connectivity index (χ1) is 10.9. The number of rotatable bonds is 1. The highest BCUT2D eigenvalue weighted by atomic mass is 35.5. The van der Waals surface area contributed by atoms with Crippen molar-refractivity contribution in [1.29, 1.82) is 0 Å². The number of benzene rings is 2. The predicted molar refractivity (Wildman–Crippen MR) is 88.9 cm³/mol. The highest BCUT2D eigenvalue weighted by Crippen LogP contribution is 2.39. The molecule has 6 heteroatoms. The lowest BCUT2D eigenvalue weighted by Gasteiger charge is -2.12. The first kappa shape index (κ1) is 15.7. The van der Waals surface area contributed by atoms with Gasteiger partial charge in [-0.1, -0.05) is 41.4 Å². The van der Waals surface area contributed by atoms with E-state index in [1.165, 1.54) is 31.2 Å². The molecule has 0 aliphatic carbocycles. The predicted octanol–water partition coefficient (Wildman–Crippen LogP) is 4.57. The molecule has 2 aromatic rings. The summed E-state index contributed by atoms with van der Waals surface area (Å²) in [6.45, 7) is 1.28. The van der Waals surface area contributed by atoms with Gasteiger partial charge in [0, 0.05) is 23.1 Å². The summed E-state index contributed by atoms with van der Waals surface area (Å²) in [6.07, 6.45) is 1.39. The molecule has 116 valence electrons. The molecule has 3 nitrogen and oxygen atoms in total. The van der Waals surface area contributed by atoms with Crippen molar-refractivity contribution in [3.05, 3.63) is 63.4 Å². The number of hydrogen-bond donors (Lipinski definition) is 0. The minimum absolute atomic E-state index is 0.0375. The van der Waals surface area contributed by atoms with E-state index in [1.807, 2.05) is 0 Å². The van der Waals surface area contributed by atoms with Crippen molar-refractivity contribution in [2.45, 2.75) is 6.92 Å². The minimum Gasteiger partial charge on any atom is -0.274 e. The van der Waals surface area contributed by atoms with Crippen LogP contribution in [0, 0.1) is 5.82 Å². The van der Waals surface area contributed by atoms with Crippen molar-refractivity contribution in [3.63, 3.8) is 0 Å². The molecule has 23 heavy (non-hydrogen) atoms. The zero-order valence-corrected chi connectivity index (χ0v) is 13.5. The Morgan fingerprint density at radius 3 is 2.65 bits per heavy atom. The molecule has 0 fully saturated rings. The summed E-state index contributed by atoms with van der Waals surface area (Å²) in [5.74, 6) is -1.58. The number of hydrogen-bond acceptors (Lipinski definition) is 2. The molecule has 1 aliphatic rings. The molecule has 0 saturated carbocycles. The fraction of sp³-hybridized carbons (Fsp3) is 0.0588. The molecule has 0 saturated heterocycles. The Balaban J connectivity index is 2.21. The molecule has 0 aromatic heterocycles. The number of halogens is 3. The molecule has 0 bridgehead atoms. The van der Waals surface area contributed by atoms with Crippen LogP contribution in [0.4, 0.5) is 10.1 Å². The third-order valence-electron chi connectivity index (χ3n) is 3.52. The van der Waals surface area contributed by atoms with E-state index in [9.17, 15) is 14.0 Å². The second-order valence-corrected chi connectivity index (χ2v) is 5.87. The van der Waals surface area contributed by atoms with Crippen LogP contribution in [0.25, 0.3) is 11.6 Å². The van der Waals surface area contributed by atoms with E-state index in [1.54, 1.807) is 18.2 Å². The van der Waals surface area contributed by atoms with Crippen molar-refractivity contribution in [2.75, 3.05) is 4.90 Å². The van der Waals surface area contributed by atoms with Crippen LogP contribution in [0.5, 0.6) is 0 Å². The average Bonchev–Trinajstić information content (AvgIpc) is 2.75. The number of anilines is 1. The summed E-state index contributed by atoms with van der Waals surface area (Å²) in [5.41, 5.74) is 1.30. The second kappa shape index (κ2) is 5.80. The normalized spacial score (nSPS) is 15.2. The standard InChI is InChI=1S/C17H10Cl2FNO2/c1-9(22)21-15-8-11(18)5-6-12(15)13(17(21)23)7-10-3-2-4-14(19)16(10)20/h2-8H,1H3/b13-7-. The van der Waals surface area contributed by atoms with Gasteiger partial charge >= 0.3 is 0 Å². The topological polar surface area (TPSA) is 37.4 Å².